The fourth-order valence-corrected chi connectivity index (χ4v) is 8.84. The van der Waals surface area contributed by atoms with E-state index in [1.807, 2.05) is 48.5 Å². The molecule has 3 aromatic heterocycles. The second kappa shape index (κ2) is 14.7. The van der Waals surface area contributed by atoms with E-state index in [9.17, 15) is 0 Å². The van der Waals surface area contributed by atoms with E-state index in [1.165, 1.54) is 21.9 Å². The number of benzene rings is 9. The Morgan fingerprint density at radius 2 is 0.774 bits per heavy atom. The van der Waals surface area contributed by atoms with Crippen LogP contribution in [0.1, 0.15) is 0 Å². The lowest BCUT2D eigenvalue weighted by molar-refractivity contribution is 0.668. The van der Waals surface area contributed by atoms with Gasteiger partial charge in [-0.15, -0.1) is 0 Å². The summed E-state index contributed by atoms with van der Waals surface area (Å²) in [5.74, 6) is 1.88. The highest BCUT2D eigenvalue weighted by molar-refractivity contribution is 6.17. The zero-order valence-electron chi connectivity index (χ0n) is 33.5. The van der Waals surface area contributed by atoms with Crippen LogP contribution in [0.4, 0.5) is 0 Å². The number of hydrogen-bond donors (Lipinski definition) is 0. The molecule has 9 aromatic carbocycles. The summed E-state index contributed by atoms with van der Waals surface area (Å²) >= 11 is 0. The largest absolute Gasteiger partial charge is 0.456 e. The highest BCUT2D eigenvalue weighted by Crippen LogP contribution is 2.42. The quantitative estimate of drug-likeness (QED) is 0.161. The smallest absolute Gasteiger partial charge is 0.164 e. The molecule has 0 spiro atoms. The van der Waals surface area contributed by atoms with Gasteiger partial charge in [0.2, 0.25) is 0 Å². The number of fused-ring (bicyclic) bond motifs is 6. The molecule has 0 N–H and O–H groups in total. The molecule has 0 aliphatic heterocycles. The van der Waals surface area contributed by atoms with E-state index in [4.69, 9.17) is 19.4 Å². The summed E-state index contributed by atoms with van der Waals surface area (Å²) < 4.78 is 8.79. The molecule has 0 saturated heterocycles. The van der Waals surface area contributed by atoms with E-state index in [0.29, 0.717) is 17.5 Å². The van der Waals surface area contributed by atoms with Gasteiger partial charge in [0.25, 0.3) is 0 Å². The number of aromatic nitrogens is 4. The van der Waals surface area contributed by atoms with Crippen molar-refractivity contribution in [1.29, 1.82) is 0 Å². The van der Waals surface area contributed by atoms with Crippen molar-refractivity contribution in [3.05, 3.63) is 218 Å². The standard InChI is InChI=1S/C57H36N4O/c1-4-14-37(15-5-1)38-24-28-42(29-25-38)56-58-55(41-18-8-3-9-19-41)59-57(60-56)43-30-26-39(27-31-43)44-34-49(40-16-6-2-7-17-40)54-48-21-10-12-22-50(48)61(51(54)35-44)45-32-33-47-46-20-11-13-23-52(46)62-53(47)36-45/h1-36H. The molecule has 5 nitrogen and oxygen atoms in total. The predicted molar refractivity (Wildman–Crippen MR) is 254 cm³/mol. The molecule has 0 bridgehead atoms. The number of furan rings is 1. The van der Waals surface area contributed by atoms with Crippen LogP contribution in [0.5, 0.6) is 0 Å². The van der Waals surface area contributed by atoms with Crippen LogP contribution in [0.15, 0.2) is 223 Å². The number of para-hydroxylation sites is 2. The molecular weight excluding hydrogens is 757 g/mol. The van der Waals surface area contributed by atoms with Crippen LogP contribution < -0.4 is 0 Å². The third-order valence-electron chi connectivity index (χ3n) is 11.9. The summed E-state index contributed by atoms with van der Waals surface area (Å²) in [4.78, 5) is 15.1. The van der Waals surface area contributed by atoms with Crippen molar-refractivity contribution in [2.75, 3.05) is 0 Å². The first-order chi connectivity index (χ1) is 30.7. The Kier molecular flexibility index (Phi) is 8.42. The Hall–Kier alpha value is -8.41. The molecule has 3 heterocycles. The lowest BCUT2D eigenvalue weighted by Gasteiger charge is -2.13. The van der Waals surface area contributed by atoms with Crippen molar-refractivity contribution in [2.24, 2.45) is 0 Å². The molecule has 5 heteroatoms. The summed E-state index contributed by atoms with van der Waals surface area (Å²) in [5.41, 5.74) is 14.7. The number of rotatable bonds is 7. The van der Waals surface area contributed by atoms with Crippen molar-refractivity contribution in [3.8, 4) is 73.2 Å². The molecule has 290 valence electrons. The minimum Gasteiger partial charge on any atom is -0.456 e. The maximum absolute atomic E-state index is 6.41. The molecule has 0 atom stereocenters. The van der Waals surface area contributed by atoms with E-state index in [0.717, 1.165) is 77.6 Å². The highest BCUT2D eigenvalue weighted by Gasteiger charge is 2.20. The van der Waals surface area contributed by atoms with Gasteiger partial charge >= 0.3 is 0 Å². The summed E-state index contributed by atoms with van der Waals surface area (Å²) in [6.07, 6.45) is 0. The Labute approximate surface area is 357 Å². The monoisotopic (exact) mass is 792 g/mol. The molecule has 0 aliphatic carbocycles. The number of hydrogen-bond acceptors (Lipinski definition) is 4. The third kappa shape index (κ3) is 6.14. The van der Waals surface area contributed by atoms with Crippen molar-refractivity contribution in [3.63, 3.8) is 0 Å². The summed E-state index contributed by atoms with van der Waals surface area (Å²) in [5, 5.41) is 4.64. The van der Waals surface area contributed by atoms with Gasteiger partial charge in [0, 0.05) is 50.0 Å². The van der Waals surface area contributed by atoms with Gasteiger partial charge in [0.15, 0.2) is 17.5 Å². The molecule has 0 fully saturated rings. The Morgan fingerprint density at radius 1 is 0.306 bits per heavy atom. The zero-order valence-corrected chi connectivity index (χ0v) is 33.5. The van der Waals surface area contributed by atoms with Crippen LogP contribution in [0.25, 0.3) is 117 Å². The topological polar surface area (TPSA) is 56.7 Å². The molecular formula is C57H36N4O. The summed E-state index contributed by atoms with van der Waals surface area (Å²) in [6.45, 7) is 0. The molecule has 0 aliphatic rings. The summed E-state index contributed by atoms with van der Waals surface area (Å²) in [6, 6.07) is 76.4. The van der Waals surface area contributed by atoms with E-state index in [-0.39, 0.29) is 0 Å². The molecule has 12 rings (SSSR count). The Morgan fingerprint density at radius 3 is 1.42 bits per heavy atom. The van der Waals surface area contributed by atoms with E-state index < -0.39 is 0 Å². The Balaban J connectivity index is 0.997. The van der Waals surface area contributed by atoms with Gasteiger partial charge in [-0.2, -0.15) is 0 Å². The molecule has 0 amide bonds. The first kappa shape index (κ1) is 35.5. The zero-order chi connectivity index (χ0) is 41.0. The fourth-order valence-electron chi connectivity index (χ4n) is 8.84. The third-order valence-corrected chi connectivity index (χ3v) is 11.9. The molecule has 0 saturated carbocycles. The maximum Gasteiger partial charge on any atom is 0.164 e. The molecule has 12 aromatic rings. The maximum atomic E-state index is 6.41. The van der Waals surface area contributed by atoms with Crippen LogP contribution in [-0.4, -0.2) is 19.5 Å². The normalized spacial score (nSPS) is 11.5. The van der Waals surface area contributed by atoms with Crippen LogP contribution >= 0.6 is 0 Å². The average molecular weight is 793 g/mol. The minimum absolute atomic E-state index is 0.620. The van der Waals surface area contributed by atoms with Crippen LogP contribution in [0.2, 0.25) is 0 Å². The predicted octanol–water partition coefficient (Wildman–Crippen LogP) is 14.9. The van der Waals surface area contributed by atoms with E-state index in [2.05, 4.69) is 174 Å². The van der Waals surface area contributed by atoms with Crippen molar-refractivity contribution >= 4 is 43.7 Å². The van der Waals surface area contributed by atoms with Crippen LogP contribution in [-0.2, 0) is 0 Å². The highest BCUT2D eigenvalue weighted by atomic mass is 16.3. The second-order valence-electron chi connectivity index (χ2n) is 15.6. The minimum atomic E-state index is 0.620. The van der Waals surface area contributed by atoms with E-state index >= 15 is 0 Å². The lowest BCUT2D eigenvalue weighted by Crippen LogP contribution is -2.00. The molecule has 0 unspecified atom stereocenters. The van der Waals surface area contributed by atoms with Gasteiger partial charge in [-0.25, -0.2) is 15.0 Å². The fraction of sp³-hybridized carbons (Fsp3) is 0. The lowest BCUT2D eigenvalue weighted by atomic mass is 9.94. The first-order valence-corrected chi connectivity index (χ1v) is 20.8. The summed E-state index contributed by atoms with van der Waals surface area (Å²) in [7, 11) is 0. The second-order valence-corrected chi connectivity index (χ2v) is 15.6. The van der Waals surface area contributed by atoms with Crippen LogP contribution in [0.3, 0.4) is 0 Å². The SMILES string of the molecule is c1ccc(-c2ccc(-c3nc(-c4ccccc4)nc(-c4ccc(-c5cc(-c6ccccc6)c6c7ccccc7n(-c7ccc8c(c7)oc7ccccc78)c6c5)cc4)n3)cc2)cc1. The van der Waals surface area contributed by atoms with Crippen molar-refractivity contribution < 1.29 is 4.42 Å². The van der Waals surface area contributed by atoms with Crippen molar-refractivity contribution in [1.82, 2.24) is 19.5 Å². The van der Waals surface area contributed by atoms with Gasteiger partial charge in [-0.05, 0) is 69.8 Å². The first-order valence-electron chi connectivity index (χ1n) is 20.8. The Bertz CT molecular complexity index is 3590. The molecule has 62 heavy (non-hydrogen) atoms. The van der Waals surface area contributed by atoms with Gasteiger partial charge in [0.1, 0.15) is 11.2 Å². The van der Waals surface area contributed by atoms with Gasteiger partial charge in [-0.3, -0.25) is 0 Å². The van der Waals surface area contributed by atoms with Crippen LogP contribution in [0, 0.1) is 0 Å². The van der Waals surface area contributed by atoms with Gasteiger partial charge < -0.3 is 8.98 Å². The van der Waals surface area contributed by atoms with Crippen molar-refractivity contribution in [2.45, 2.75) is 0 Å². The molecule has 0 radical (unpaired) electrons. The van der Waals surface area contributed by atoms with Gasteiger partial charge in [0.05, 0.1) is 11.0 Å². The number of nitrogens with zero attached hydrogens (tertiary/aromatic N) is 4. The van der Waals surface area contributed by atoms with Gasteiger partial charge in [-0.1, -0.05) is 176 Å². The average Bonchev–Trinajstić information content (AvgIpc) is 3.90. The van der Waals surface area contributed by atoms with E-state index in [1.54, 1.807) is 0 Å².